The van der Waals surface area contributed by atoms with Crippen LogP contribution in [0.5, 0.6) is 0 Å². The molecule has 3 aromatic heterocycles. The molecule has 1 aliphatic rings. The summed E-state index contributed by atoms with van der Waals surface area (Å²) in [5.74, 6) is 0. The van der Waals surface area contributed by atoms with Gasteiger partial charge in [0.25, 0.3) is 5.56 Å². The summed E-state index contributed by atoms with van der Waals surface area (Å²) in [5, 5.41) is 14.1. The monoisotopic (exact) mass is 408 g/mol. The molecule has 0 aliphatic heterocycles. The summed E-state index contributed by atoms with van der Waals surface area (Å²) < 4.78 is 3.38. The fraction of sp³-hybridized carbons (Fsp3) is 0.381. The van der Waals surface area contributed by atoms with Gasteiger partial charge in [-0.1, -0.05) is 49.9 Å². The Morgan fingerprint density at radius 1 is 1.07 bits per heavy atom. The van der Waals surface area contributed by atoms with Crippen molar-refractivity contribution in [2.45, 2.75) is 51.5 Å². The fourth-order valence-electron chi connectivity index (χ4n) is 4.26. The molecule has 0 N–H and O–H groups in total. The second kappa shape index (κ2) is 7.22. The van der Waals surface area contributed by atoms with Gasteiger partial charge in [0.15, 0.2) is 16.8 Å². The molecule has 0 atom stereocenters. The van der Waals surface area contributed by atoms with E-state index in [4.69, 9.17) is 16.7 Å². The van der Waals surface area contributed by atoms with Crippen LogP contribution in [0.15, 0.2) is 35.4 Å². The van der Waals surface area contributed by atoms with Gasteiger partial charge in [0.2, 0.25) is 0 Å². The van der Waals surface area contributed by atoms with E-state index in [1.165, 1.54) is 6.42 Å². The second-order valence-electron chi connectivity index (χ2n) is 7.54. The van der Waals surface area contributed by atoms with Crippen molar-refractivity contribution in [2.75, 3.05) is 0 Å². The van der Waals surface area contributed by atoms with E-state index < -0.39 is 0 Å². The highest BCUT2D eigenvalue weighted by Gasteiger charge is 2.22. The van der Waals surface area contributed by atoms with Crippen LogP contribution in [0.25, 0.3) is 27.9 Å². The number of aromatic nitrogens is 6. The summed E-state index contributed by atoms with van der Waals surface area (Å²) in [6.45, 7) is 2.04. The van der Waals surface area contributed by atoms with Crippen molar-refractivity contribution in [2.24, 2.45) is 0 Å². The van der Waals surface area contributed by atoms with E-state index >= 15 is 0 Å². The molecule has 1 fully saturated rings. The summed E-state index contributed by atoms with van der Waals surface area (Å²) in [4.78, 5) is 17.7. The van der Waals surface area contributed by atoms with E-state index in [2.05, 4.69) is 15.2 Å². The van der Waals surface area contributed by atoms with Crippen LogP contribution in [0.4, 0.5) is 0 Å². The highest BCUT2D eigenvalue weighted by molar-refractivity contribution is 6.30. The third-order valence-corrected chi connectivity index (χ3v) is 6.02. The Morgan fingerprint density at radius 3 is 2.55 bits per heavy atom. The van der Waals surface area contributed by atoms with Gasteiger partial charge in [-0.25, -0.2) is 4.98 Å². The lowest BCUT2D eigenvalue weighted by Crippen LogP contribution is -2.28. The van der Waals surface area contributed by atoms with Gasteiger partial charge in [0, 0.05) is 11.1 Å². The lowest BCUT2D eigenvalue weighted by Gasteiger charge is -2.23. The van der Waals surface area contributed by atoms with Crippen molar-refractivity contribution < 1.29 is 0 Å². The van der Waals surface area contributed by atoms with Crippen LogP contribution < -0.4 is 5.56 Å². The van der Waals surface area contributed by atoms with E-state index in [1.807, 2.05) is 31.2 Å². The van der Waals surface area contributed by atoms with Crippen LogP contribution in [0.3, 0.4) is 0 Å². The molecule has 29 heavy (non-hydrogen) atoms. The van der Waals surface area contributed by atoms with Crippen LogP contribution in [0, 0.1) is 0 Å². The van der Waals surface area contributed by atoms with E-state index in [9.17, 15) is 4.79 Å². The first-order valence-electron chi connectivity index (χ1n) is 10.1. The molecule has 0 radical (unpaired) electrons. The zero-order valence-electron chi connectivity index (χ0n) is 16.2. The van der Waals surface area contributed by atoms with Crippen molar-refractivity contribution in [3.63, 3.8) is 0 Å². The van der Waals surface area contributed by atoms with Crippen LogP contribution in [0.1, 0.15) is 50.8 Å². The number of fused-ring (bicyclic) bond motifs is 3. The molecule has 1 aliphatic carbocycles. The third kappa shape index (κ3) is 3.00. The summed E-state index contributed by atoms with van der Waals surface area (Å²) in [6.07, 6.45) is 7.90. The molecular weight excluding hydrogens is 388 g/mol. The molecule has 0 unspecified atom stereocenters. The smallest absolute Gasteiger partial charge is 0.283 e. The lowest BCUT2D eigenvalue weighted by molar-refractivity contribution is 0.344. The van der Waals surface area contributed by atoms with Gasteiger partial charge in [-0.05, 0) is 37.0 Å². The van der Waals surface area contributed by atoms with Gasteiger partial charge >= 0.3 is 0 Å². The SMILES string of the molecule is CCc1nn2c(nnc3c(=O)n(C4CCCCC4)cnc32)c1-c1ccc(Cl)cc1. The maximum absolute atomic E-state index is 13.1. The van der Waals surface area contributed by atoms with Crippen LogP contribution in [-0.4, -0.2) is 29.4 Å². The predicted octanol–water partition coefficient (Wildman–Crippen LogP) is 4.22. The molecule has 1 saturated carbocycles. The van der Waals surface area contributed by atoms with Gasteiger partial charge in [-0.3, -0.25) is 9.36 Å². The zero-order chi connectivity index (χ0) is 20.0. The number of hydrogen-bond acceptors (Lipinski definition) is 5. The normalized spacial score (nSPS) is 15.4. The molecular formula is C21H21ClN6O. The minimum atomic E-state index is -0.141. The van der Waals surface area contributed by atoms with Gasteiger partial charge < -0.3 is 0 Å². The lowest BCUT2D eigenvalue weighted by atomic mass is 9.95. The molecule has 3 heterocycles. The van der Waals surface area contributed by atoms with Crippen LogP contribution >= 0.6 is 11.6 Å². The summed E-state index contributed by atoms with van der Waals surface area (Å²) in [6, 6.07) is 7.77. The van der Waals surface area contributed by atoms with Crippen molar-refractivity contribution >= 4 is 28.4 Å². The van der Waals surface area contributed by atoms with Gasteiger partial charge in [0.05, 0.1) is 11.3 Å². The third-order valence-electron chi connectivity index (χ3n) is 5.77. The molecule has 1 aromatic carbocycles. The molecule has 0 amide bonds. The molecule has 4 aromatic rings. The Labute approximate surface area is 172 Å². The first kappa shape index (κ1) is 18.2. The van der Waals surface area contributed by atoms with E-state index in [1.54, 1.807) is 15.4 Å². The largest absolute Gasteiger partial charge is 0.294 e. The van der Waals surface area contributed by atoms with Crippen molar-refractivity contribution in [1.29, 1.82) is 0 Å². The zero-order valence-corrected chi connectivity index (χ0v) is 16.9. The highest BCUT2D eigenvalue weighted by atomic mass is 35.5. The fourth-order valence-corrected chi connectivity index (χ4v) is 4.39. The van der Waals surface area contributed by atoms with Gasteiger partial charge in [0.1, 0.15) is 6.33 Å². The Kier molecular flexibility index (Phi) is 4.54. The van der Waals surface area contributed by atoms with E-state index in [0.29, 0.717) is 16.3 Å². The topological polar surface area (TPSA) is 78.0 Å². The molecule has 0 saturated heterocycles. The summed E-state index contributed by atoms with van der Waals surface area (Å²) in [7, 11) is 0. The van der Waals surface area contributed by atoms with Crippen molar-refractivity contribution in [3.8, 4) is 11.1 Å². The number of aryl methyl sites for hydroxylation is 1. The Balaban J connectivity index is 1.72. The Hall–Kier alpha value is -2.80. The molecule has 0 spiro atoms. The number of halogens is 1. The molecule has 148 valence electrons. The number of benzene rings is 1. The summed E-state index contributed by atoms with van der Waals surface area (Å²) >= 11 is 6.04. The average molecular weight is 409 g/mol. The predicted molar refractivity (Wildman–Crippen MR) is 112 cm³/mol. The van der Waals surface area contributed by atoms with Gasteiger partial charge in [-0.15, -0.1) is 10.2 Å². The Bertz CT molecular complexity index is 1250. The molecule has 7 nitrogen and oxygen atoms in total. The minimum Gasteiger partial charge on any atom is -0.294 e. The van der Waals surface area contributed by atoms with E-state index in [0.717, 1.165) is 48.9 Å². The first-order chi connectivity index (χ1) is 14.2. The number of nitrogens with zero attached hydrogens (tertiary/aromatic N) is 6. The second-order valence-corrected chi connectivity index (χ2v) is 7.98. The number of hydrogen-bond donors (Lipinski definition) is 0. The summed E-state index contributed by atoms with van der Waals surface area (Å²) in [5.41, 5.74) is 3.91. The number of rotatable bonds is 3. The van der Waals surface area contributed by atoms with Crippen LogP contribution in [0.2, 0.25) is 5.02 Å². The standard InChI is InChI=1S/C21H21ClN6O/c1-2-16-17(13-8-10-14(22)11-9-13)19-25-24-18-20(28(19)26-16)23-12-27(21(18)29)15-6-4-3-5-7-15/h8-12,15H,2-7H2,1H3. The first-order valence-corrected chi connectivity index (χ1v) is 10.5. The molecule has 0 bridgehead atoms. The molecule has 5 rings (SSSR count). The van der Waals surface area contributed by atoms with Crippen LogP contribution in [-0.2, 0) is 6.42 Å². The Morgan fingerprint density at radius 2 is 1.83 bits per heavy atom. The maximum Gasteiger partial charge on any atom is 0.283 e. The van der Waals surface area contributed by atoms with Crippen molar-refractivity contribution in [3.05, 3.63) is 51.7 Å². The van der Waals surface area contributed by atoms with Gasteiger partial charge in [-0.2, -0.15) is 9.61 Å². The highest BCUT2D eigenvalue weighted by Crippen LogP contribution is 2.30. The minimum absolute atomic E-state index is 0.141. The van der Waals surface area contributed by atoms with E-state index in [-0.39, 0.29) is 17.1 Å². The van der Waals surface area contributed by atoms with Crippen molar-refractivity contribution in [1.82, 2.24) is 29.4 Å². The maximum atomic E-state index is 13.1. The molecule has 8 heteroatoms. The quantitative estimate of drug-likeness (QED) is 0.507. The average Bonchev–Trinajstić information content (AvgIpc) is 3.14.